The molecule has 1 aliphatic rings. The van der Waals surface area contributed by atoms with Gasteiger partial charge in [-0.15, -0.1) is 0 Å². The molecule has 4 aromatic rings. The second-order valence-electron chi connectivity index (χ2n) is 8.31. The van der Waals surface area contributed by atoms with Crippen LogP contribution in [-0.2, 0) is 6.54 Å². The van der Waals surface area contributed by atoms with Crippen LogP contribution in [-0.4, -0.2) is 63.6 Å². The number of benzene rings is 1. The number of H-pyrrole nitrogens is 1. The van der Waals surface area contributed by atoms with Crippen LogP contribution in [0.5, 0.6) is 0 Å². The van der Waals surface area contributed by atoms with Gasteiger partial charge in [-0.05, 0) is 25.1 Å². The molecule has 2 N–H and O–H groups in total. The van der Waals surface area contributed by atoms with Gasteiger partial charge in [0.25, 0.3) is 11.5 Å². The number of pyridine rings is 1. The molecule has 11 heteroatoms. The zero-order valence-electron chi connectivity index (χ0n) is 18.7. The maximum absolute atomic E-state index is 14.9. The number of amides is 1. The monoisotopic (exact) mass is 467 g/mol. The van der Waals surface area contributed by atoms with Crippen LogP contribution >= 0.6 is 0 Å². The number of fused-ring (bicyclic) bond motifs is 3. The number of carbonyl (C=O) groups excluding carboxylic acids is 1. The largest absolute Gasteiger partial charge is 0.368 e. The van der Waals surface area contributed by atoms with Crippen molar-refractivity contribution in [1.82, 2.24) is 29.8 Å². The third kappa shape index (κ3) is 3.77. The average Bonchev–Trinajstić information content (AvgIpc) is 3.22. The van der Waals surface area contributed by atoms with Crippen molar-refractivity contribution < 1.29 is 13.6 Å². The smallest absolute Gasteiger partial charge is 0.277 e. The lowest BCUT2D eigenvalue weighted by atomic mass is 10.1. The van der Waals surface area contributed by atoms with E-state index in [1.807, 2.05) is 13.0 Å². The summed E-state index contributed by atoms with van der Waals surface area (Å²) in [4.78, 5) is 35.4. The Labute approximate surface area is 193 Å². The predicted molar refractivity (Wildman–Crippen MR) is 123 cm³/mol. The predicted octanol–water partition coefficient (Wildman–Crippen LogP) is 1.84. The number of piperazine rings is 1. The quantitative estimate of drug-likeness (QED) is 0.475. The summed E-state index contributed by atoms with van der Waals surface area (Å²) in [5, 5.41) is 6.44. The highest BCUT2D eigenvalue weighted by Crippen LogP contribution is 2.23. The first kappa shape index (κ1) is 22.0. The van der Waals surface area contributed by atoms with Gasteiger partial charge in [0.15, 0.2) is 11.3 Å². The molecule has 0 atom stereocenters. The topological polar surface area (TPSA) is 98.6 Å². The van der Waals surface area contributed by atoms with Crippen molar-refractivity contribution in [3.8, 4) is 0 Å². The molecule has 176 valence electrons. The molecule has 0 unspecified atom stereocenters. The molecule has 9 nitrogen and oxygen atoms in total. The molecule has 0 spiro atoms. The van der Waals surface area contributed by atoms with E-state index in [0.717, 1.165) is 35.2 Å². The van der Waals surface area contributed by atoms with Crippen molar-refractivity contribution >= 4 is 28.1 Å². The van der Waals surface area contributed by atoms with Crippen LogP contribution in [0, 0.1) is 18.6 Å². The molecule has 34 heavy (non-hydrogen) atoms. The van der Waals surface area contributed by atoms with Gasteiger partial charge in [0.2, 0.25) is 0 Å². The molecule has 0 aliphatic carbocycles. The number of hydrogen-bond donors (Lipinski definition) is 2. The van der Waals surface area contributed by atoms with Crippen molar-refractivity contribution in [3.05, 3.63) is 69.4 Å². The van der Waals surface area contributed by atoms with Crippen LogP contribution < -0.4 is 15.8 Å². The summed E-state index contributed by atoms with van der Waals surface area (Å²) in [7, 11) is 1.57. The number of halogens is 2. The molecule has 1 amide bonds. The molecule has 5 rings (SSSR count). The first-order chi connectivity index (χ1) is 16.4. The molecule has 1 fully saturated rings. The highest BCUT2D eigenvalue weighted by Gasteiger charge is 2.21. The van der Waals surface area contributed by atoms with Gasteiger partial charge in [-0.3, -0.25) is 14.5 Å². The van der Waals surface area contributed by atoms with E-state index in [1.165, 1.54) is 6.07 Å². The fourth-order valence-electron chi connectivity index (χ4n) is 4.43. The summed E-state index contributed by atoms with van der Waals surface area (Å²) in [6.45, 7) is 5.10. The number of carbonyl (C=O) groups is 1. The van der Waals surface area contributed by atoms with E-state index in [9.17, 15) is 18.4 Å². The number of aromatic amines is 1. The maximum atomic E-state index is 14.9. The van der Waals surface area contributed by atoms with Crippen molar-refractivity contribution in [2.24, 2.45) is 0 Å². The maximum Gasteiger partial charge on any atom is 0.277 e. The molecule has 3 aromatic heterocycles. The summed E-state index contributed by atoms with van der Waals surface area (Å²) in [5.74, 6) is -1.42. The van der Waals surface area contributed by atoms with Gasteiger partial charge in [-0.1, -0.05) is 0 Å². The molecule has 4 heterocycles. The second kappa shape index (κ2) is 8.49. The average molecular weight is 467 g/mol. The Bertz CT molecular complexity index is 1470. The lowest BCUT2D eigenvalue weighted by Gasteiger charge is -2.36. The Hall–Kier alpha value is -3.86. The van der Waals surface area contributed by atoms with Crippen LogP contribution in [0.2, 0.25) is 0 Å². The van der Waals surface area contributed by atoms with Crippen molar-refractivity contribution in [2.45, 2.75) is 13.5 Å². The molecule has 0 saturated carbocycles. The molecule has 1 aromatic carbocycles. The molecular formula is C23H23F2N7O2. The minimum absolute atomic E-state index is 0.225. The van der Waals surface area contributed by atoms with Gasteiger partial charge in [0.05, 0.1) is 28.6 Å². The molecule has 1 aliphatic heterocycles. The molecule has 0 bridgehead atoms. The fraction of sp³-hybridized carbons (Fsp3) is 0.304. The van der Waals surface area contributed by atoms with E-state index in [-0.39, 0.29) is 11.4 Å². The van der Waals surface area contributed by atoms with Gasteiger partial charge < -0.3 is 15.2 Å². The Morgan fingerprint density at radius 1 is 1.15 bits per heavy atom. The highest BCUT2D eigenvalue weighted by atomic mass is 19.1. The Kier molecular flexibility index (Phi) is 5.48. The van der Waals surface area contributed by atoms with E-state index >= 15 is 0 Å². The zero-order chi connectivity index (χ0) is 24.0. The third-order valence-electron chi connectivity index (χ3n) is 6.21. The number of nitrogens with zero attached hydrogens (tertiary/aromatic N) is 5. The van der Waals surface area contributed by atoms with Gasteiger partial charge in [-0.2, -0.15) is 5.10 Å². The second-order valence-corrected chi connectivity index (χ2v) is 8.31. The Balaban J connectivity index is 1.32. The molecular weight excluding hydrogens is 444 g/mol. The van der Waals surface area contributed by atoms with Gasteiger partial charge in [0.1, 0.15) is 11.5 Å². The number of nitrogens with one attached hydrogen (secondary N) is 2. The van der Waals surface area contributed by atoms with E-state index in [4.69, 9.17) is 0 Å². The minimum atomic E-state index is -0.751. The zero-order valence-corrected chi connectivity index (χ0v) is 18.7. The standard InChI is InChI=1S/C23H23F2N7O2/c1-13-19(4-3-17(28-13)22(33)26-2)31-7-5-30(6-8-31)12-14-9-18-20(10-15(14)24)32-21(23(34)29-18)16(25)11-27-32/h3-4,9-11H,5-8,12H2,1-2H3,(H,26,33)(H,29,34). The Morgan fingerprint density at radius 3 is 2.62 bits per heavy atom. The number of aryl methyl sites for hydroxylation is 1. The van der Waals surface area contributed by atoms with Gasteiger partial charge in [-0.25, -0.2) is 18.3 Å². The van der Waals surface area contributed by atoms with Gasteiger partial charge in [0, 0.05) is 51.4 Å². The number of aromatic nitrogens is 4. The van der Waals surface area contributed by atoms with Crippen LogP contribution in [0.25, 0.3) is 16.6 Å². The summed E-state index contributed by atoms with van der Waals surface area (Å²) in [6.07, 6.45) is 0.943. The van der Waals surface area contributed by atoms with E-state index in [0.29, 0.717) is 41.9 Å². The fourth-order valence-corrected chi connectivity index (χ4v) is 4.43. The first-order valence-corrected chi connectivity index (χ1v) is 10.9. The lowest BCUT2D eigenvalue weighted by molar-refractivity contribution is 0.0958. The van der Waals surface area contributed by atoms with Crippen LogP contribution in [0.15, 0.2) is 35.3 Å². The minimum Gasteiger partial charge on any atom is -0.368 e. The summed E-state index contributed by atoms with van der Waals surface area (Å²) in [5.41, 5.74) is 2.42. The van der Waals surface area contributed by atoms with Crippen molar-refractivity contribution in [3.63, 3.8) is 0 Å². The van der Waals surface area contributed by atoms with Crippen molar-refractivity contribution in [2.75, 3.05) is 38.1 Å². The van der Waals surface area contributed by atoms with Crippen LogP contribution in [0.3, 0.4) is 0 Å². The van der Waals surface area contributed by atoms with Gasteiger partial charge >= 0.3 is 0 Å². The third-order valence-corrected chi connectivity index (χ3v) is 6.21. The van der Waals surface area contributed by atoms with Crippen molar-refractivity contribution in [1.29, 1.82) is 0 Å². The summed E-state index contributed by atoms with van der Waals surface area (Å²) in [6, 6.07) is 6.48. The molecule has 1 saturated heterocycles. The number of rotatable bonds is 4. The summed E-state index contributed by atoms with van der Waals surface area (Å²) >= 11 is 0. The highest BCUT2D eigenvalue weighted by molar-refractivity contribution is 5.92. The molecule has 0 radical (unpaired) electrons. The van der Waals surface area contributed by atoms with E-state index < -0.39 is 17.2 Å². The Morgan fingerprint density at radius 2 is 1.91 bits per heavy atom. The van der Waals surface area contributed by atoms with E-state index in [2.05, 4.69) is 30.2 Å². The number of hydrogen-bond acceptors (Lipinski definition) is 6. The van der Waals surface area contributed by atoms with E-state index in [1.54, 1.807) is 19.2 Å². The summed E-state index contributed by atoms with van der Waals surface area (Å²) < 4.78 is 29.9. The normalized spacial score (nSPS) is 14.8. The SMILES string of the molecule is CNC(=O)c1ccc(N2CCN(Cc3cc4[nH]c(=O)c5c(F)cnn5c4cc3F)CC2)c(C)n1. The lowest BCUT2D eigenvalue weighted by Crippen LogP contribution is -2.46. The van der Waals surface area contributed by atoms with Crippen LogP contribution in [0.1, 0.15) is 21.7 Å². The number of anilines is 1. The van der Waals surface area contributed by atoms with Crippen LogP contribution in [0.4, 0.5) is 14.5 Å². The first-order valence-electron chi connectivity index (χ1n) is 10.9.